The highest BCUT2D eigenvalue weighted by Gasteiger charge is 2.37. The Kier molecular flexibility index (Phi) is 3.90. The van der Waals surface area contributed by atoms with E-state index in [2.05, 4.69) is 17.0 Å². The predicted molar refractivity (Wildman–Crippen MR) is 84.6 cm³/mol. The van der Waals surface area contributed by atoms with Crippen LogP contribution in [0.4, 0.5) is 0 Å². The summed E-state index contributed by atoms with van der Waals surface area (Å²) in [6.45, 7) is 3.30. The average Bonchev–Trinajstić information content (AvgIpc) is 3.15. The number of para-hydroxylation sites is 1. The molecule has 1 N–H and O–H groups in total. The van der Waals surface area contributed by atoms with Crippen LogP contribution in [0.15, 0.2) is 34.9 Å². The third-order valence-electron chi connectivity index (χ3n) is 5.24. The van der Waals surface area contributed by atoms with E-state index in [0.29, 0.717) is 12.0 Å². The molecule has 2 fully saturated rings. The van der Waals surface area contributed by atoms with Crippen LogP contribution in [0.3, 0.4) is 0 Å². The molecule has 1 aromatic heterocycles. The van der Waals surface area contributed by atoms with E-state index in [4.69, 9.17) is 9.15 Å². The third-order valence-corrected chi connectivity index (χ3v) is 5.24. The number of aliphatic hydroxyl groups excluding tert-OH is 1. The van der Waals surface area contributed by atoms with Crippen LogP contribution in [-0.2, 0) is 11.3 Å². The summed E-state index contributed by atoms with van der Waals surface area (Å²) in [7, 11) is 0. The van der Waals surface area contributed by atoms with Crippen molar-refractivity contribution in [1.82, 2.24) is 4.90 Å². The highest BCUT2D eigenvalue weighted by Crippen LogP contribution is 2.33. The first kappa shape index (κ1) is 14.2. The number of furan rings is 1. The summed E-state index contributed by atoms with van der Waals surface area (Å²) in [5, 5.41) is 11.5. The lowest BCUT2D eigenvalue weighted by molar-refractivity contribution is -0.0535. The molecule has 1 saturated carbocycles. The molecular weight excluding hydrogens is 278 g/mol. The summed E-state index contributed by atoms with van der Waals surface area (Å²) in [5.41, 5.74) is 2.18. The predicted octanol–water partition coefficient (Wildman–Crippen LogP) is 2.79. The number of hydrogen-bond acceptors (Lipinski definition) is 4. The second-order valence-electron chi connectivity index (χ2n) is 6.53. The van der Waals surface area contributed by atoms with Crippen LogP contribution >= 0.6 is 0 Å². The minimum Gasteiger partial charge on any atom is -0.464 e. The molecule has 118 valence electrons. The number of ether oxygens (including phenoxy) is 1. The molecule has 4 rings (SSSR count). The van der Waals surface area contributed by atoms with Crippen LogP contribution < -0.4 is 0 Å². The molecule has 3 atom stereocenters. The largest absolute Gasteiger partial charge is 0.464 e. The molecule has 2 aliphatic rings. The van der Waals surface area contributed by atoms with Gasteiger partial charge < -0.3 is 14.3 Å². The quantitative estimate of drug-likeness (QED) is 0.947. The van der Waals surface area contributed by atoms with Crippen LogP contribution in [0.5, 0.6) is 0 Å². The fourth-order valence-electron chi connectivity index (χ4n) is 4.04. The van der Waals surface area contributed by atoms with Crippen molar-refractivity contribution in [3.05, 3.63) is 36.1 Å². The van der Waals surface area contributed by atoms with E-state index < -0.39 is 0 Å². The molecule has 1 aliphatic carbocycles. The van der Waals surface area contributed by atoms with E-state index in [0.717, 1.165) is 51.1 Å². The summed E-state index contributed by atoms with van der Waals surface area (Å²) in [4.78, 5) is 2.47. The number of morpholine rings is 1. The van der Waals surface area contributed by atoms with Gasteiger partial charge in [0, 0.05) is 36.0 Å². The maximum absolute atomic E-state index is 10.3. The van der Waals surface area contributed by atoms with E-state index in [1.807, 2.05) is 18.4 Å². The fraction of sp³-hybridized carbons (Fsp3) is 0.556. The standard InChI is InChI=1S/C18H23NO3/c20-17-6-3-5-15(17)16-12-21-9-8-19(16)10-13-11-22-18-7-2-1-4-14(13)18/h1-2,4,7,11,15-17,20H,3,5-6,8-10,12H2/t15-,16+,17-/m1/s1. The first-order valence-electron chi connectivity index (χ1n) is 8.28. The lowest BCUT2D eigenvalue weighted by Gasteiger charge is -2.40. The molecule has 1 aromatic carbocycles. The summed E-state index contributed by atoms with van der Waals surface area (Å²) in [6, 6.07) is 8.51. The molecule has 0 spiro atoms. The number of rotatable bonds is 3. The number of hydrogen-bond donors (Lipinski definition) is 1. The van der Waals surface area contributed by atoms with Crippen molar-refractivity contribution in [2.45, 2.75) is 38.0 Å². The lowest BCUT2D eigenvalue weighted by atomic mass is 9.94. The van der Waals surface area contributed by atoms with Crippen molar-refractivity contribution in [2.24, 2.45) is 5.92 Å². The van der Waals surface area contributed by atoms with Gasteiger partial charge in [-0.3, -0.25) is 4.90 Å². The van der Waals surface area contributed by atoms with E-state index in [1.165, 1.54) is 10.9 Å². The second-order valence-corrected chi connectivity index (χ2v) is 6.53. The molecule has 0 unspecified atom stereocenters. The molecule has 4 heteroatoms. The molecule has 4 nitrogen and oxygen atoms in total. The third kappa shape index (κ3) is 2.56. The Balaban J connectivity index is 1.57. The van der Waals surface area contributed by atoms with Gasteiger partial charge in [-0.25, -0.2) is 0 Å². The molecule has 0 bridgehead atoms. The Hall–Kier alpha value is -1.36. The Morgan fingerprint density at radius 2 is 2.14 bits per heavy atom. The number of aliphatic hydroxyl groups is 1. The van der Waals surface area contributed by atoms with Crippen LogP contribution in [-0.4, -0.2) is 41.9 Å². The highest BCUT2D eigenvalue weighted by molar-refractivity contribution is 5.80. The summed E-state index contributed by atoms with van der Waals surface area (Å²) in [6.07, 6.45) is 4.88. The molecule has 1 aliphatic heterocycles. The number of benzene rings is 1. The molecule has 1 saturated heterocycles. The molecule has 2 aromatic rings. The Morgan fingerprint density at radius 1 is 1.23 bits per heavy atom. The summed E-state index contributed by atoms with van der Waals surface area (Å²) >= 11 is 0. The molecule has 22 heavy (non-hydrogen) atoms. The van der Waals surface area contributed by atoms with E-state index >= 15 is 0 Å². The van der Waals surface area contributed by atoms with Crippen molar-refractivity contribution < 1.29 is 14.3 Å². The van der Waals surface area contributed by atoms with Crippen LogP contribution in [0, 0.1) is 5.92 Å². The van der Waals surface area contributed by atoms with Crippen LogP contribution in [0.25, 0.3) is 11.0 Å². The van der Waals surface area contributed by atoms with Gasteiger partial charge in [-0.05, 0) is 18.9 Å². The van der Waals surface area contributed by atoms with Gasteiger partial charge in [0.05, 0.1) is 25.6 Å². The first-order chi connectivity index (χ1) is 10.8. The van der Waals surface area contributed by atoms with E-state index in [1.54, 1.807) is 0 Å². The van der Waals surface area contributed by atoms with Crippen LogP contribution in [0.2, 0.25) is 0 Å². The van der Waals surface area contributed by atoms with Gasteiger partial charge in [-0.15, -0.1) is 0 Å². The smallest absolute Gasteiger partial charge is 0.134 e. The maximum atomic E-state index is 10.3. The minimum absolute atomic E-state index is 0.171. The summed E-state index contributed by atoms with van der Waals surface area (Å²) < 4.78 is 11.4. The van der Waals surface area contributed by atoms with Gasteiger partial charge in [0.1, 0.15) is 5.58 Å². The average molecular weight is 301 g/mol. The zero-order chi connectivity index (χ0) is 14.9. The van der Waals surface area contributed by atoms with Crippen LogP contribution in [0.1, 0.15) is 24.8 Å². The second kappa shape index (κ2) is 6.03. The van der Waals surface area contributed by atoms with Gasteiger partial charge in [-0.1, -0.05) is 24.6 Å². The van der Waals surface area contributed by atoms with E-state index in [9.17, 15) is 5.11 Å². The zero-order valence-electron chi connectivity index (χ0n) is 12.8. The van der Waals surface area contributed by atoms with Gasteiger partial charge in [0.25, 0.3) is 0 Å². The van der Waals surface area contributed by atoms with Gasteiger partial charge in [-0.2, -0.15) is 0 Å². The Labute approximate surface area is 130 Å². The SMILES string of the molecule is O[C@@H]1CCC[C@@H]1[C@@H]1COCCN1Cc1coc2ccccc12. The number of nitrogens with zero attached hydrogens (tertiary/aromatic N) is 1. The van der Waals surface area contributed by atoms with Crippen molar-refractivity contribution in [1.29, 1.82) is 0 Å². The van der Waals surface area contributed by atoms with Crippen molar-refractivity contribution in [2.75, 3.05) is 19.8 Å². The summed E-state index contributed by atoms with van der Waals surface area (Å²) in [5.74, 6) is 0.346. The monoisotopic (exact) mass is 301 g/mol. The first-order valence-corrected chi connectivity index (χ1v) is 8.28. The molecular formula is C18H23NO3. The normalized spacial score (nSPS) is 30.1. The lowest BCUT2D eigenvalue weighted by Crippen LogP contribution is -2.50. The fourth-order valence-corrected chi connectivity index (χ4v) is 4.04. The number of fused-ring (bicyclic) bond motifs is 1. The van der Waals surface area contributed by atoms with Crippen molar-refractivity contribution in [3.63, 3.8) is 0 Å². The Morgan fingerprint density at radius 3 is 3.00 bits per heavy atom. The minimum atomic E-state index is -0.171. The van der Waals surface area contributed by atoms with Gasteiger partial charge >= 0.3 is 0 Å². The topological polar surface area (TPSA) is 45.8 Å². The van der Waals surface area contributed by atoms with Crippen molar-refractivity contribution >= 4 is 11.0 Å². The highest BCUT2D eigenvalue weighted by atomic mass is 16.5. The van der Waals surface area contributed by atoms with Gasteiger partial charge in [0.15, 0.2) is 0 Å². The molecule has 0 radical (unpaired) electrons. The van der Waals surface area contributed by atoms with Crippen molar-refractivity contribution in [3.8, 4) is 0 Å². The molecule has 2 heterocycles. The van der Waals surface area contributed by atoms with E-state index in [-0.39, 0.29) is 6.10 Å². The van der Waals surface area contributed by atoms with Gasteiger partial charge in [0.2, 0.25) is 0 Å². The maximum Gasteiger partial charge on any atom is 0.134 e. The Bertz CT molecular complexity index is 638. The zero-order valence-corrected chi connectivity index (χ0v) is 12.8. The molecule has 0 amide bonds.